The largest absolute Gasteiger partial charge is 0.453 e. The van der Waals surface area contributed by atoms with Crippen LogP contribution in [-0.4, -0.2) is 23.7 Å². The van der Waals surface area contributed by atoms with E-state index in [0.29, 0.717) is 26.5 Å². The van der Waals surface area contributed by atoms with Gasteiger partial charge in [0.05, 0.1) is 6.42 Å². The van der Waals surface area contributed by atoms with Crippen molar-refractivity contribution in [1.82, 2.24) is 0 Å². The second-order valence-corrected chi connectivity index (χ2v) is 7.81. The third kappa shape index (κ3) is 7.08. The van der Waals surface area contributed by atoms with Crippen molar-refractivity contribution < 1.29 is 14.3 Å². The topological polar surface area (TPSA) is 55.4 Å². The molecule has 0 fully saturated rings. The molecule has 2 aromatic carbocycles. The number of anilines is 1. The third-order valence-electron chi connectivity index (χ3n) is 3.20. The number of hydrogen-bond donors (Lipinski definition) is 1. The molecule has 1 N–H and O–H groups in total. The van der Waals surface area contributed by atoms with Crippen LogP contribution in [0.3, 0.4) is 0 Å². The molecule has 138 valence electrons. The van der Waals surface area contributed by atoms with E-state index >= 15 is 0 Å². The van der Waals surface area contributed by atoms with Gasteiger partial charge in [-0.25, -0.2) is 0 Å². The summed E-state index contributed by atoms with van der Waals surface area (Å²) in [6.07, 6.45) is -0.741. The molecule has 0 saturated heterocycles. The van der Waals surface area contributed by atoms with Crippen LogP contribution in [0.5, 0.6) is 0 Å². The third-order valence-corrected chi connectivity index (χ3v) is 4.90. The van der Waals surface area contributed by atoms with Gasteiger partial charge in [-0.15, -0.1) is 11.8 Å². The Hall–Kier alpha value is -1.40. The molecule has 2 rings (SSSR count). The average Bonchev–Trinajstić information content (AvgIpc) is 2.55. The standard InChI is InChI=1S/C18H16Cl3NO3S/c1-11(18(24)22-15-9-13(20)8-14(21)10-15)25-17(23)6-7-26-16-4-2-12(19)3-5-16/h2-5,8-11H,6-7H2,1H3,(H,22,24). The summed E-state index contributed by atoms with van der Waals surface area (Å²) >= 11 is 19.1. The Bertz CT molecular complexity index is 764. The van der Waals surface area contributed by atoms with Gasteiger partial charge in [0, 0.05) is 31.4 Å². The lowest BCUT2D eigenvalue weighted by Gasteiger charge is -2.14. The number of halogens is 3. The van der Waals surface area contributed by atoms with E-state index in [1.807, 2.05) is 12.1 Å². The fourth-order valence-corrected chi connectivity index (χ4v) is 3.45. The lowest BCUT2D eigenvalue weighted by Crippen LogP contribution is -2.30. The first-order valence-electron chi connectivity index (χ1n) is 7.68. The molecule has 0 radical (unpaired) electrons. The quantitative estimate of drug-likeness (QED) is 0.450. The first-order chi connectivity index (χ1) is 12.3. The SMILES string of the molecule is CC(OC(=O)CCSc1ccc(Cl)cc1)C(=O)Nc1cc(Cl)cc(Cl)c1. The van der Waals surface area contributed by atoms with Gasteiger partial charge in [-0.2, -0.15) is 0 Å². The number of hydrogen-bond acceptors (Lipinski definition) is 4. The van der Waals surface area contributed by atoms with Crippen LogP contribution >= 0.6 is 46.6 Å². The summed E-state index contributed by atoms with van der Waals surface area (Å²) in [4.78, 5) is 25.0. The second-order valence-electron chi connectivity index (χ2n) is 5.33. The Morgan fingerprint density at radius 2 is 1.65 bits per heavy atom. The minimum atomic E-state index is -0.930. The number of rotatable bonds is 7. The number of benzene rings is 2. The molecule has 4 nitrogen and oxygen atoms in total. The minimum absolute atomic E-state index is 0.188. The molecule has 26 heavy (non-hydrogen) atoms. The maximum absolute atomic E-state index is 12.1. The maximum Gasteiger partial charge on any atom is 0.307 e. The number of nitrogens with one attached hydrogen (secondary N) is 1. The van der Waals surface area contributed by atoms with Crippen LogP contribution < -0.4 is 5.32 Å². The molecule has 0 aliphatic carbocycles. The summed E-state index contributed by atoms with van der Waals surface area (Å²) in [6.45, 7) is 1.51. The first-order valence-corrected chi connectivity index (χ1v) is 9.80. The number of esters is 1. The van der Waals surface area contributed by atoms with Gasteiger partial charge in [0.25, 0.3) is 5.91 Å². The maximum atomic E-state index is 12.1. The van der Waals surface area contributed by atoms with E-state index in [1.165, 1.54) is 18.7 Å². The molecule has 0 heterocycles. The predicted octanol–water partition coefficient (Wildman–Crippen LogP) is 5.70. The van der Waals surface area contributed by atoms with Gasteiger partial charge >= 0.3 is 5.97 Å². The van der Waals surface area contributed by atoms with Gasteiger partial charge < -0.3 is 10.1 Å². The number of carbonyl (C=O) groups excluding carboxylic acids is 2. The molecule has 0 aliphatic rings. The summed E-state index contributed by atoms with van der Waals surface area (Å²) < 4.78 is 5.15. The predicted molar refractivity (Wildman–Crippen MR) is 107 cm³/mol. The van der Waals surface area contributed by atoms with Crippen molar-refractivity contribution in [2.24, 2.45) is 0 Å². The molecule has 0 aliphatic heterocycles. The highest BCUT2D eigenvalue weighted by atomic mass is 35.5. The summed E-state index contributed by atoms with van der Waals surface area (Å²) in [5, 5.41) is 4.07. The van der Waals surface area contributed by atoms with E-state index < -0.39 is 18.0 Å². The van der Waals surface area contributed by atoms with E-state index in [2.05, 4.69) is 5.32 Å². The van der Waals surface area contributed by atoms with E-state index in [0.717, 1.165) is 4.90 Å². The van der Waals surface area contributed by atoms with E-state index in [-0.39, 0.29) is 6.42 Å². The van der Waals surface area contributed by atoms with Crippen molar-refractivity contribution >= 4 is 64.1 Å². The van der Waals surface area contributed by atoms with Crippen molar-refractivity contribution in [2.75, 3.05) is 11.1 Å². The summed E-state index contributed by atoms with van der Waals surface area (Å²) in [5.74, 6) is -0.362. The average molecular weight is 433 g/mol. The zero-order chi connectivity index (χ0) is 19.1. The van der Waals surface area contributed by atoms with Crippen LogP contribution in [0.4, 0.5) is 5.69 Å². The summed E-state index contributed by atoms with van der Waals surface area (Å²) in [7, 11) is 0. The van der Waals surface area contributed by atoms with Crippen molar-refractivity contribution in [1.29, 1.82) is 0 Å². The highest BCUT2D eigenvalue weighted by Gasteiger charge is 2.18. The molecule has 1 amide bonds. The van der Waals surface area contributed by atoms with Crippen molar-refractivity contribution in [3.05, 3.63) is 57.5 Å². The Morgan fingerprint density at radius 1 is 1.04 bits per heavy atom. The van der Waals surface area contributed by atoms with Gasteiger partial charge in [-0.05, 0) is 49.4 Å². The smallest absolute Gasteiger partial charge is 0.307 e. The molecule has 0 bridgehead atoms. The van der Waals surface area contributed by atoms with Crippen LogP contribution in [0.15, 0.2) is 47.4 Å². The van der Waals surface area contributed by atoms with Gasteiger partial charge in [0.1, 0.15) is 0 Å². The van der Waals surface area contributed by atoms with Gasteiger partial charge in [0.2, 0.25) is 0 Å². The van der Waals surface area contributed by atoms with Crippen LogP contribution in [0.2, 0.25) is 15.1 Å². The second kappa shape index (κ2) is 10.1. The Morgan fingerprint density at radius 3 is 2.27 bits per heavy atom. The monoisotopic (exact) mass is 431 g/mol. The molecule has 0 saturated carbocycles. The molecule has 8 heteroatoms. The van der Waals surface area contributed by atoms with Gasteiger partial charge in [-0.3, -0.25) is 9.59 Å². The van der Waals surface area contributed by atoms with Crippen molar-refractivity contribution in [2.45, 2.75) is 24.3 Å². The van der Waals surface area contributed by atoms with Crippen LogP contribution in [0.1, 0.15) is 13.3 Å². The van der Waals surface area contributed by atoms with E-state index in [4.69, 9.17) is 39.5 Å². The molecule has 1 unspecified atom stereocenters. The lowest BCUT2D eigenvalue weighted by molar-refractivity contribution is -0.152. The number of carbonyl (C=O) groups is 2. The normalized spacial score (nSPS) is 11.7. The van der Waals surface area contributed by atoms with Crippen LogP contribution in [0, 0.1) is 0 Å². The fraction of sp³-hybridized carbons (Fsp3) is 0.222. The minimum Gasteiger partial charge on any atom is -0.453 e. The number of thioether (sulfide) groups is 1. The lowest BCUT2D eigenvalue weighted by atomic mass is 10.3. The highest BCUT2D eigenvalue weighted by molar-refractivity contribution is 7.99. The number of ether oxygens (including phenoxy) is 1. The molecule has 0 spiro atoms. The zero-order valence-electron chi connectivity index (χ0n) is 13.8. The first kappa shape index (κ1) is 20.9. The summed E-state index contributed by atoms with van der Waals surface area (Å²) in [6, 6.07) is 12.0. The molecule has 2 aromatic rings. The zero-order valence-corrected chi connectivity index (χ0v) is 16.9. The molecule has 0 aromatic heterocycles. The highest BCUT2D eigenvalue weighted by Crippen LogP contribution is 2.23. The van der Waals surface area contributed by atoms with Gasteiger partial charge in [0.15, 0.2) is 6.10 Å². The van der Waals surface area contributed by atoms with Crippen LogP contribution in [0.25, 0.3) is 0 Å². The fourth-order valence-electron chi connectivity index (χ4n) is 1.96. The van der Waals surface area contributed by atoms with E-state index in [1.54, 1.807) is 30.3 Å². The number of amides is 1. The Kier molecular flexibility index (Phi) is 8.10. The Balaban J connectivity index is 1.76. The van der Waals surface area contributed by atoms with Crippen LogP contribution in [-0.2, 0) is 14.3 Å². The van der Waals surface area contributed by atoms with E-state index in [9.17, 15) is 9.59 Å². The molecular weight excluding hydrogens is 417 g/mol. The summed E-state index contributed by atoms with van der Waals surface area (Å²) in [5.41, 5.74) is 0.439. The van der Waals surface area contributed by atoms with Gasteiger partial charge in [-0.1, -0.05) is 34.8 Å². The van der Waals surface area contributed by atoms with Crippen molar-refractivity contribution in [3.8, 4) is 0 Å². The van der Waals surface area contributed by atoms with Crippen molar-refractivity contribution in [3.63, 3.8) is 0 Å². The molecular formula is C18H16Cl3NO3S. The Labute approximate surface area is 171 Å². The molecule has 1 atom stereocenters.